The quantitative estimate of drug-likeness (QED) is 0.0434. The van der Waals surface area contributed by atoms with E-state index >= 15 is 0 Å². The summed E-state index contributed by atoms with van der Waals surface area (Å²) in [4.78, 5) is 0. The first kappa shape index (κ1) is 51.6. The molecule has 0 radical (unpaired) electrons. The monoisotopic (exact) mass is 1040 g/mol. The molecule has 6 fully saturated rings. The molecule has 6 atom stereocenters. The second-order valence-electron chi connectivity index (χ2n) is 23.2. The standard InChI is InChI=1S/C65H72O12/c1-63(2,45-7-15-51(16-8-45)66-29-54-32-69-54)48-13-21-60(75-38-57-35-72-57)41(25-48)23-43-27-50(65(5,6)47-11-19-53(20-12-47)68-31-56-34-71-56)28-44(62(43)77-40-59-37-74-59)24-42-26-49(14-22-61(42)76-39-58-36-73-58)64(3,4)46-9-17-52(18-10-46)67-30-55-33-70-55/h7-22,25-28,54-59H,23-24,29-40H2,1-6H3/t54-,55-,56-,57?,58?,59?/m0/s1. The van der Waals surface area contributed by atoms with Crippen LogP contribution in [0.25, 0.3) is 0 Å². The van der Waals surface area contributed by atoms with Crippen LogP contribution in [0.1, 0.15) is 97.2 Å². The third kappa shape index (κ3) is 12.9. The van der Waals surface area contributed by atoms with Crippen LogP contribution in [0.2, 0.25) is 0 Å². The molecule has 6 aliphatic heterocycles. The molecule has 0 spiro atoms. The van der Waals surface area contributed by atoms with Gasteiger partial charge in [-0.15, -0.1) is 0 Å². The Hall–Kier alpha value is -6.12. The highest BCUT2D eigenvalue weighted by Gasteiger charge is 2.33. The van der Waals surface area contributed by atoms with Gasteiger partial charge in [0, 0.05) is 29.1 Å². The van der Waals surface area contributed by atoms with Gasteiger partial charge in [-0.05, 0) is 104 Å². The van der Waals surface area contributed by atoms with Crippen molar-refractivity contribution in [2.24, 2.45) is 0 Å². The van der Waals surface area contributed by atoms with Gasteiger partial charge in [0.2, 0.25) is 0 Å². The topological polar surface area (TPSA) is 131 Å². The van der Waals surface area contributed by atoms with Gasteiger partial charge in [-0.25, -0.2) is 0 Å². The van der Waals surface area contributed by atoms with E-state index in [9.17, 15) is 0 Å². The van der Waals surface area contributed by atoms with Crippen LogP contribution in [-0.4, -0.2) is 116 Å². The molecule has 12 heteroatoms. The molecule has 6 aromatic carbocycles. The SMILES string of the molecule is CC(C)(c1ccc(OC[C@H]2CO2)cc1)c1ccc(OCC2CO2)c(Cc2cc(C(C)(C)c3ccc(OC[C@H]4CO4)cc3)cc(Cc3cc(C(C)(C)c4ccc(OC[C@H]5CO5)cc4)ccc3OCC3CO3)c2OCC2CO2)c1. The van der Waals surface area contributed by atoms with Gasteiger partial charge in [0.25, 0.3) is 0 Å². The van der Waals surface area contributed by atoms with Crippen molar-refractivity contribution in [2.45, 2.75) is 107 Å². The van der Waals surface area contributed by atoms with Gasteiger partial charge in [-0.3, -0.25) is 0 Å². The summed E-state index contributed by atoms with van der Waals surface area (Å²) in [5.74, 6) is 4.99. The van der Waals surface area contributed by atoms with E-state index in [4.69, 9.17) is 56.8 Å². The van der Waals surface area contributed by atoms with Crippen LogP contribution in [0.15, 0.2) is 121 Å². The second kappa shape index (κ2) is 21.6. The molecule has 0 bridgehead atoms. The zero-order valence-electron chi connectivity index (χ0n) is 45.3. The lowest BCUT2D eigenvalue weighted by Crippen LogP contribution is -2.21. The molecule has 12 rings (SSSR count). The van der Waals surface area contributed by atoms with Crippen molar-refractivity contribution in [3.63, 3.8) is 0 Å². The Kier molecular flexibility index (Phi) is 14.5. The average Bonchev–Trinajstić information content (AvgIpc) is 4.23. The molecule has 6 aliphatic rings. The van der Waals surface area contributed by atoms with Crippen molar-refractivity contribution in [1.29, 1.82) is 0 Å². The second-order valence-corrected chi connectivity index (χ2v) is 23.2. The fourth-order valence-electron chi connectivity index (χ4n) is 9.97. The summed E-state index contributed by atoms with van der Waals surface area (Å²) >= 11 is 0. The predicted octanol–water partition coefficient (Wildman–Crippen LogP) is 10.5. The smallest absolute Gasteiger partial charge is 0.126 e. The summed E-state index contributed by atoms with van der Waals surface area (Å²) in [6, 6.07) is 43.5. The Morgan fingerprint density at radius 2 is 0.571 bits per heavy atom. The van der Waals surface area contributed by atoms with Gasteiger partial charge < -0.3 is 56.8 Å². The highest BCUT2D eigenvalue weighted by Crippen LogP contribution is 2.43. The number of benzene rings is 6. The van der Waals surface area contributed by atoms with E-state index in [2.05, 4.69) is 163 Å². The molecule has 404 valence electrons. The summed E-state index contributed by atoms with van der Waals surface area (Å²) in [5.41, 5.74) is 10.1. The summed E-state index contributed by atoms with van der Waals surface area (Å²) in [5, 5.41) is 0. The van der Waals surface area contributed by atoms with E-state index in [1.807, 2.05) is 0 Å². The molecular weight excluding hydrogens is 973 g/mol. The predicted molar refractivity (Wildman–Crippen MR) is 292 cm³/mol. The largest absolute Gasteiger partial charge is 0.491 e. The van der Waals surface area contributed by atoms with Gasteiger partial charge in [-0.1, -0.05) is 114 Å². The molecule has 12 nitrogen and oxygen atoms in total. The Bertz CT molecular complexity index is 2840. The summed E-state index contributed by atoms with van der Waals surface area (Å²) in [6.45, 7) is 21.1. The van der Waals surface area contributed by atoms with Crippen molar-refractivity contribution < 1.29 is 56.8 Å². The fourth-order valence-corrected chi connectivity index (χ4v) is 9.97. The van der Waals surface area contributed by atoms with Crippen LogP contribution in [-0.2, 0) is 57.5 Å². The van der Waals surface area contributed by atoms with Crippen LogP contribution in [0.4, 0.5) is 0 Å². The van der Waals surface area contributed by atoms with Crippen LogP contribution < -0.4 is 28.4 Å². The van der Waals surface area contributed by atoms with Crippen molar-refractivity contribution >= 4 is 0 Å². The Morgan fingerprint density at radius 1 is 0.312 bits per heavy atom. The average molecular weight is 1050 g/mol. The normalized spacial score (nSPS) is 21.9. The minimum atomic E-state index is -0.443. The third-order valence-corrected chi connectivity index (χ3v) is 16.0. The first-order valence-corrected chi connectivity index (χ1v) is 27.5. The molecule has 3 unspecified atom stereocenters. The van der Waals surface area contributed by atoms with Crippen molar-refractivity contribution in [3.05, 3.63) is 177 Å². The minimum Gasteiger partial charge on any atom is -0.491 e. The Balaban J connectivity index is 0.942. The number of epoxide rings is 6. The maximum atomic E-state index is 7.09. The maximum absolute atomic E-state index is 7.09. The zero-order valence-corrected chi connectivity index (χ0v) is 45.3. The molecule has 6 aromatic rings. The van der Waals surface area contributed by atoms with Crippen LogP contribution in [0.3, 0.4) is 0 Å². The van der Waals surface area contributed by atoms with E-state index in [1.54, 1.807) is 0 Å². The fraction of sp³-hybridized carbons (Fsp3) is 0.446. The molecule has 0 N–H and O–H groups in total. The zero-order chi connectivity index (χ0) is 52.7. The first-order valence-electron chi connectivity index (χ1n) is 27.5. The lowest BCUT2D eigenvalue weighted by atomic mass is 9.75. The first-order chi connectivity index (χ1) is 37.3. The maximum Gasteiger partial charge on any atom is 0.126 e. The Labute approximate surface area is 453 Å². The molecule has 77 heavy (non-hydrogen) atoms. The van der Waals surface area contributed by atoms with Crippen LogP contribution >= 0.6 is 0 Å². The van der Waals surface area contributed by atoms with Gasteiger partial charge in [0.15, 0.2) is 0 Å². The molecule has 0 aliphatic carbocycles. The van der Waals surface area contributed by atoms with E-state index in [0.717, 1.165) is 87.7 Å². The number of hydrogen-bond donors (Lipinski definition) is 0. The molecule has 0 saturated carbocycles. The van der Waals surface area contributed by atoms with Crippen molar-refractivity contribution in [2.75, 3.05) is 79.3 Å². The molecule has 6 heterocycles. The molecule has 0 amide bonds. The summed E-state index contributed by atoms with van der Waals surface area (Å²) < 4.78 is 71.9. The lowest BCUT2D eigenvalue weighted by Gasteiger charge is -2.30. The number of ether oxygens (including phenoxy) is 12. The van der Waals surface area contributed by atoms with E-state index < -0.39 is 5.41 Å². The Morgan fingerprint density at radius 3 is 0.883 bits per heavy atom. The van der Waals surface area contributed by atoms with Gasteiger partial charge in [0.1, 0.15) is 111 Å². The summed E-state index contributed by atoms with van der Waals surface area (Å²) in [6.07, 6.45) is 1.84. The van der Waals surface area contributed by atoms with E-state index in [1.165, 1.54) is 22.3 Å². The summed E-state index contributed by atoms with van der Waals surface area (Å²) in [7, 11) is 0. The van der Waals surface area contributed by atoms with Gasteiger partial charge in [-0.2, -0.15) is 0 Å². The minimum absolute atomic E-state index is 0.0276. The van der Waals surface area contributed by atoms with Crippen LogP contribution in [0.5, 0.6) is 34.5 Å². The van der Waals surface area contributed by atoms with Gasteiger partial charge >= 0.3 is 0 Å². The third-order valence-electron chi connectivity index (χ3n) is 16.0. The van der Waals surface area contributed by atoms with E-state index in [-0.39, 0.29) is 47.5 Å². The molecule has 0 aromatic heterocycles. The highest BCUT2D eigenvalue weighted by molar-refractivity contribution is 5.57. The molecule has 6 saturated heterocycles. The van der Waals surface area contributed by atoms with Crippen LogP contribution in [0, 0.1) is 0 Å². The highest BCUT2D eigenvalue weighted by atomic mass is 16.6. The number of rotatable bonds is 28. The lowest BCUT2D eigenvalue weighted by molar-refractivity contribution is 0.257. The van der Waals surface area contributed by atoms with Crippen molar-refractivity contribution in [3.8, 4) is 34.5 Å². The van der Waals surface area contributed by atoms with Crippen molar-refractivity contribution in [1.82, 2.24) is 0 Å². The molecular formula is C65H72O12. The van der Waals surface area contributed by atoms with Gasteiger partial charge in [0.05, 0.1) is 39.6 Å². The number of hydrogen-bond acceptors (Lipinski definition) is 12. The van der Waals surface area contributed by atoms with E-state index in [0.29, 0.717) is 72.3 Å².